The minimum absolute atomic E-state index is 0.648. The van der Waals surface area contributed by atoms with Crippen molar-refractivity contribution in [3.05, 3.63) is 22.8 Å². The summed E-state index contributed by atoms with van der Waals surface area (Å²) in [6.45, 7) is 15.2. The van der Waals surface area contributed by atoms with Crippen LogP contribution in [-0.4, -0.2) is 25.5 Å². The van der Waals surface area contributed by atoms with Crippen LogP contribution in [0, 0.1) is 23.7 Å². The molecule has 1 atom stereocenters. The summed E-state index contributed by atoms with van der Waals surface area (Å²) in [5, 5.41) is 0. The summed E-state index contributed by atoms with van der Waals surface area (Å²) in [4.78, 5) is 2.30. The predicted molar refractivity (Wildman–Crippen MR) is 86.3 cm³/mol. The van der Waals surface area contributed by atoms with Crippen LogP contribution in [-0.2, 0) is 0 Å². The van der Waals surface area contributed by atoms with E-state index in [0.717, 1.165) is 6.54 Å². The molecule has 0 aromatic carbocycles. The van der Waals surface area contributed by atoms with E-state index in [9.17, 15) is 0 Å². The van der Waals surface area contributed by atoms with Gasteiger partial charge in [0, 0.05) is 12.5 Å². The highest BCUT2D eigenvalue weighted by Gasteiger charge is 2.30. The van der Waals surface area contributed by atoms with E-state index in [2.05, 4.69) is 66.6 Å². The summed E-state index contributed by atoms with van der Waals surface area (Å²) in [5.41, 5.74) is 4.99. The summed E-state index contributed by atoms with van der Waals surface area (Å²) in [6, 6.07) is 0. The fourth-order valence-electron chi connectivity index (χ4n) is 3.20. The van der Waals surface area contributed by atoms with Gasteiger partial charge in [-0.2, -0.15) is 0 Å². The maximum absolute atomic E-state index is 2.57. The van der Waals surface area contributed by atoms with Gasteiger partial charge < -0.3 is 4.90 Å². The molecule has 0 amide bonds. The zero-order chi connectivity index (χ0) is 14.7. The van der Waals surface area contributed by atoms with Gasteiger partial charge in [-0.25, -0.2) is 0 Å². The highest BCUT2D eigenvalue weighted by Crippen LogP contribution is 2.43. The lowest BCUT2D eigenvalue weighted by molar-refractivity contribution is 0.398. The molecule has 1 nitrogen and oxygen atoms in total. The minimum atomic E-state index is 0.648. The lowest BCUT2D eigenvalue weighted by Gasteiger charge is -2.23. The zero-order valence-corrected chi connectivity index (χ0v) is 14.2. The van der Waals surface area contributed by atoms with E-state index in [-0.39, 0.29) is 0 Å². The summed E-state index contributed by atoms with van der Waals surface area (Å²) >= 11 is 0. The van der Waals surface area contributed by atoms with Crippen molar-refractivity contribution < 1.29 is 0 Å². The first-order valence-corrected chi connectivity index (χ1v) is 7.85. The Morgan fingerprint density at radius 2 is 1.58 bits per heavy atom. The zero-order valence-electron chi connectivity index (χ0n) is 14.2. The fraction of sp³-hybridized carbons (Fsp3) is 0.778. The molecule has 0 aromatic rings. The van der Waals surface area contributed by atoms with Gasteiger partial charge in [0.25, 0.3) is 0 Å². The molecule has 1 heteroatoms. The average Bonchev–Trinajstić information content (AvgIpc) is 2.65. The number of hydrogen-bond acceptors (Lipinski definition) is 1. The quantitative estimate of drug-likeness (QED) is 0.668. The smallest absolute Gasteiger partial charge is 0.00129 e. The molecule has 0 N–H and O–H groups in total. The highest BCUT2D eigenvalue weighted by atomic mass is 15.0. The molecule has 0 fully saturated rings. The molecular weight excluding hydrogens is 230 g/mol. The van der Waals surface area contributed by atoms with Crippen molar-refractivity contribution in [3.8, 4) is 0 Å². The highest BCUT2D eigenvalue weighted by molar-refractivity contribution is 5.47. The average molecular weight is 263 g/mol. The molecule has 0 saturated carbocycles. The van der Waals surface area contributed by atoms with Crippen LogP contribution in [0.25, 0.3) is 0 Å². The SMILES string of the molecule is CC(C)C1=CC(C(C)C)C(CCN(C)C)=C1C(C)C. The summed E-state index contributed by atoms with van der Waals surface area (Å²) in [6.07, 6.45) is 3.78. The van der Waals surface area contributed by atoms with Crippen LogP contribution in [0.1, 0.15) is 48.0 Å². The standard InChI is InChI=1S/C18H33N/c1-12(2)16-11-17(13(3)4)18(14(5)6)15(16)9-10-19(7)8/h11-14,16H,9-10H2,1-8H3. The molecule has 0 radical (unpaired) electrons. The van der Waals surface area contributed by atoms with Gasteiger partial charge in [-0.1, -0.05) is 53.2 Å². The Kier molecular flexibility index (Phi) is 5.85. The van der Waals surface area contributed by atoms with Crippen LogP contribution in [0.4, 0.5) is 0 Å². The van der Waals surface area contributed by atoms with Crippen LogP contribution in [0.5, 0.6) is 0 Å². The lowest BCUT2D eigenvalue weighted by atomic mass is 9.84. The molecule has 0 aliphatic heterocycles. The molecule has 0 saturated heterocycles. The van der Waals surface area contributed by atoms with Crippen molar-refractivity contribution in [1.29, 1.82) is 0 Å². The Hall–Kier alpha value is -0.560. The van der Waals surface area contributed by atoms with Crippen LogP contribution in [0.2, 0.25) is 0 Å². The summed E-state index contributed by atoms with van der Waals surface area (Å²) in [5.74, 6) is 2.67. The van der Waals surface area contributed by atoms with Crippen molar-refractivity contribution in [2.45, 2.75) is 48.0 Å². The van der Waals surface area contributed by atoms with E-state index >= 15 is 0 Å². The Morgan fingerprint density at radius 3 is 1.95 bits per heavy atom. The molecule has 0 bridgehead atoms. The number of allylic oxidation sites excluding steroid dienone is 3. The van der Waals surface area contributed by atoms with E-state index in [1.54, 1.807) is 16.7 Å². The summed E-state index contributed by atoms with van der Waals surface area (Å²) < 4.78 is 0. The van der Waals surface area contributed by atoms with E-state index in [1.165, 1.54) is 6.42 Å². The third-order valence-corrected chi connectivity index (χ3v) is 4.16. The van der Waals surface area contributed by atoms with Gasteiger partial charge in [-0.15, -0.1) is 0 Å². The Labute approximate surface area is 120 Å². The molecule has 19 heavy (non-hydrogen) atoms. The minimum Gasteiger partial charge on any atom is -0.309 e. The number of rotatable bonds is 6. The number of hydrogen-bond donors (Lipinski definition) is 0. The largest absolute Gasteiger partial charge is 0.309 e. The van der Waals surface area contributed by atoms with Gasteiger partial charge >= 0.3 is 0 Å². The first-order valence-electron chi connectivity index (χ1n) is 7.85. The molecule has 1 aliphatic carbocycles. The third kappa shape index (κ3) is 3.95. The van der Waals surface area contributed by atoms with E-state index in [1.807, 2.05) is 0 Å². The Bertz CT molecular complexity index is 356. The molecule has 110 valence electrons. The second-order valence-electron chi connectivity index (χ2n) is 7.19. The van der Waals surface area contributed by atoms with Crippen molar-refractivity contribution >= 4 is 0 Å². The fourth-order valence-corrected chi connectivity index (χ4v) is 3.20. The molecule has 1 aliphatic rings. The normalized spacial score (nSPS) is 20.4. The van der Waals surface area contributed by atoms with E-state index in [4.69, 9.17) is 0 Å². The molecule has 0 spiro atoms. The Balaban J connectivity index is 3.13. The predicted octanol–water partition coefficient (Wildman–Crippen LogP) is 4.76. The maximum Gasteiger partial charge on any atom is 0.00129 e. The van der Waals surface area contributed by atoms with Gasteiger partial charge in [0.1, 0.15) is 0 Å². The molecule has 0 heterocycles. The molecule has 0 aromatic heterocycles. The maximum atomic E-state index is 2.57. The monoisotopic (exact) mass is 263 g/mol. The first kappa shape index (κ1) is 16.5. The van der Waals surface area contributed by atoms with Gasteiger partial charge in [0.05, 0.1) is 0 Å². The van der Waals surface area contributed by atoms with Gasteiger partial charge in [0.15, 0.2) is 0 Å². The second-order valence-corrected chi connectivity index (χ2v) is 7.19. The van der Waals surface area contributed by atoms with Gasteiger partial charge in [-0.3, -0.25) is 0 Å². The molecular formula is C18H33N. The summed E-state index contributed by atoms with van der Waals surface area (Å²) in [7, 11) is 4.34. The van der Waals surface area contributed by atoms with Crippen LogP contribution < -0.4 is 0 Å². The van der Waals surface area contributed by atoms with Crippen LogP contribution >= 0.6 is 0 Å². The topological polar surface area (TPSA) is 3.24 Å². The lowest BCUT2D eigenvalue weighted by Crippen LogP contribution is -2.17. The third-order valence-electron chi connectivity index (χ3n) is 4.16. The van der Waals surface area contributed by atoms with Crippen molar-refractivity contribution in [1.82, 2.24) is 4.90 Å². The van der Waals surface area contributed by atoms with Crippen LogP contribution in [0.3, 0.4) is 0 Å². The van der Waals surface area contributed by atoms with Gasteiger partial charge in [0.2, 0.25) is 0 Å². The Morgan fingerprint density at radius 1 is 1.00 bits per heavy atom. The van der Waals surface area contributed by atoms with Crippen molar-refractivity contribution in [2.75, 3.05) is 20.6 Å². The molecule has 1 rings (SSSR count). The van der Waals surface area contributed by atoms with Crippen molar-refractivity contribution in [3.63, 3.8) is 0 Å². The van der Waals surface area contributed by atoms with Gasteiger partial charge in [-0.05, 0) is 49.4 Å². The molecule has 1 unspecified atom stereocenters. The first-order chi connectivity index (χ1) is 8.75. The van der Waals surface area contributed by atoms with Crippen molar-refractivity contribution in [2.24, 2.45) is 23.7 Å². The number of nitrogens with zero attached hydrogens (tertiary/aromatic N) is 1. The van der Waals surface area contributed by atoms with E-state index < -0.39 is 0 Å². The van der Waals surface area contributed by atoms with E-state index in [0.29, 0.717) is 23.7 Å². The second kappa shape index (κ2) is 6.74. The van der Waals surface area contributed by atoms with Crippen LogP contribution in [0.15, 0.2) is 22.8 Å².